The van der Waals surface area contributed by atoms with Crippen molar-refractivity contribution in [3.8, 4) is 5.75 Å². The maximum Gasteiger partial charge on any atom is 0.269 e. The van der Waals surface area contributed by atoms with Crippen LogP contribution in [-0.2, 0) is 0 Å². The second-order valence-corrected chi connectivity index (χ2v) is 7.04. The van der Waals surface area contributed by atoms with Crippen molar-refractivity contribution in [1.82, 2.24) is 0 Å². The molecule has 1 atom stereocenters. The summed E-state index contributed by atoms with van der Waals surface area (Å²) in [5.74, 6) is 0.568. The van der Waals surface area contributed by atoms with Crippen LogP contribution in [0.2, 0.25) is 0 Å². The van der Waals surface area contributed by atoms with E-state index >= 15 is 0 Å². The Morgan fingerprint density at radius 2 is 1.65 bits per heavy atom. The molecule has 1 unspecified atom stereocenters. The first kappa shape index (κ1) is 20.1. The molecule has 0 fully saturated rings. The predicted octanol–water partition coefficient (Wildman–Crippen LogP) is 5.49. The average molecular weight is 412 g/mol. The summed E-state index contributed by atoms with van der Waals surface area (Å²) in [6, 6.07) is 23.0. The van der Waals surface area contributed by atoms with Crippen molar-refractivity contribution in [2.24, 2.45) is 0 Å². The van der Waals surface area contributed by atoms with Gasteiger partial charge in [0.05, 0.1) is 18.1 Å². The molecule has 0 radical (unpaired) electrons. The molecule has 1 aliphatic heterocycles. The second kappa shape index (κ2) is 8.67. The van der Waals surface area contributed by atoms with E-state index in [4.69, 9.17) is 4.74 Å². The van der Waals surface area contributed by atoms with Gasteiger partial charge in [-0.3, -0.25) is 14.9 Å². The normalized spacial score (nSPS) is 15.3. The number of rotatable bonds is 6. The molecule has 0 spiro atoms. The van der Waals surface area contributed by atoms with Gasteiger partial charge < -0.3 is 9.64 Å². The number of ether oxygens (including phenoxy) is 1. The van der Waals surface area contributed by atoms with Gasteiger partial charge in [0.2, 0.25) is 0 Å². The molecule has 0 N–H and O–H groups in total. The van der Waals surface area contributed by atoms with Crippen molar-refractivity contribution in [3.05, 3.63) is 124 Å². The number of benzene rings is 3. The van der Waals surface area contributed by atoms with Crippen LogP contribution in [0.1, 0.15) is 22.0 Å². The number of hydrogen-bond donors (Lipinski definition) is 0. The summed E-state index contributed by atoms with van der Waals surface area (Å²) in [6.07, 6.45) is 5.59. The van der Waals surface area contributed by atoms with Crippen LogP contribution >= 0.6 is 0 Å². The molecule has 0 saturated carbocycles. The van der Waals surface area contributed by atoms with Gasteiger partial charge in [0.15, 0.2) is 5.78 Å². The molecule has 31 heavy (non-hydrogen) atoms. The molecule has 6 heteroatoms. The third-order valence-electron chi connectivity index (χ3n) is 5.15. The van der Waals surface area contributed by atoms with Crippen LogP contribution in [-0.4, -0.2) is 17.8 Å². The number of ketones is 1. The van der Waals surface area contributed by atoms with Crippen LogP contribution in [0.15, 0.2) is 103 Å². The first-order valence-corrected chi connectivity index (χ1v) is 9.73. The Hall–Kier alpha value is -4.19. The monoisotopic (exact) mass is 412 g/mol. The fraction of sp³-hybridized carbons (Fsp3) is 0.0800. The van der Waals surface area contributed by atoms with Gasteiger partial charge >= 0.3 is 0 Å². The molecule has 154 valence electrons. The largest absolute Gasteiger partial charge is 0.497 e. The zero-order valence-electron chi connectivity index (χ0n) is 16.8. The minimum atomic E-state index is -0.428. The van der Waals surface area contributed by atoms with E-state index in [1.54, 1.807) is 49.7 Å². The molecular weight excluding hydrogens is 392 g/mol. The van der Waals surface area contributed by atoms with Gasteiger partial charge in [-0.1, -0.05) is 42.5 Å². The van der Waals surface area contributed by atoms with Crippen molar-refractivity contribution in [3.63, 3.8) is 0 Å². The SMILES string of the molecule is COc1ccc(C(=O)C2=CN(c3ccc([N+](=O)[O-])cc3)C(c3ccccc3)C=C2)cc1. The highest BCUT2D eigenvalue weighted by atomic mass is 16.6. The highest BCUT2D eigenvalue weighted by Crippen LogP contribution is 2.34. The number of Topliss-reactive ketones (excluding diaryl/α,β-unsaturated/α-hetero) is 1. The van der Waals surface area contributed by atoms with Crippen LogP contribution < -0.4 is 9.64 Å². The predicted molar refractivity (Wildman–Crippen MR) is 119 cm³/mol. The number of carbonyl (C=O) groups excluding carboxylic acids is 1. The lowest BCUT2D eigenvalue weighted by Gasteiger charge is -2.32. The molecule has 1 heterocycles. The third kappa shape index (κ3) is 4.23. The van der Waals surface area contributed by atoms with Crippen LogP contribution in [0.4, 0.5) is 11.4 Å². The van der Waals surface area contributed by atoms with Crippen LogP contribution in [0.3, 0.4) is 0 Å². The minimum absolute atomic E-state index is 0.0195. The van der Waals surface area contributed by atoms with E-state index in [9.17, 15) is 14.9 Å². The van der Waals surface area contributed by atoms with E-state index in [0.717, 1.165) is 11.3 Å². The molecule has 4 rings (SSSR count). The summed E-state index contributed by atoms with van der Waals surface area (Å²) in [4.78, 5) is 25.6. The second-order valence-electron chi connectivity index (χ2n) is 7.04. The number of nitro benzene ring substituents is 1. The highest BCUT2D eigenvalue weighted by molar-refractivity contribution is 6.11. The van der Waals surface area contributed by atoms with Crippen molar-refractivity contribution >= 4 is 17.2 Å². The summed E-state index contributed by atoms with van der Waals surface area (Å²) in [5.41, 5.74) is 2.90. The van der Waals surface area contributed by atoms with E-state index in [2.05, 4.69) is 0 Å². The topological polar surface area (TPSA) is 72.7 Å². The van der Waals surface area contributed by atoms with Crippen LogP contribution in [0.5, 0.6) is 5.75 Å². The maximum atomic E-state index is 13.1. The first-order valence-electron chi connectivity index (χ1n) is 9.73. The number of methoxy groups -OCH3 is 1. The smallest absolute Gasteiger partial charge is 0.269 e. The van der Waals surface area contributed by atoms with Gasteiger partial charge in [0.25, 0.3) is 5.69 Å². The number of non-ortho nitro benzene ring substituents is 1. The lowest BCUT2D eigenvalue weighted by atomic mass is 9.96. The van der Waals surface area contributed by atoms with E-state index < -0.39 is 4.92 Å². The van der Waals surface area contributed by atoms with Crippen LogP contribution in [0.25, 0.3) is 0 Å². The Labute approximate surface area is 179 Å². The number of nitrogens with zero attached hydrogens (tertiary/aromatic N) is 2. The standard InChI is InChI=1S/C25H20N2O4/c1-31-23-14-7-19(8-15-23)25(28)20-9-16-24(18-5-3-2-4-6-18)26(17-20)21-10-12-22(13-11-21)27(29)30/h2-17,24H,1H3. The molecule has 6 nitrogen and oxygen atoms in total. The van der Waals surface area contributed by atoms with E-state index in [1.807, 2.05) is 47.4 Å². The molecule has 0 aromatic heterocycles. The minimum Gasteiger partial charge on any atom is -0.497 e. The van der Waals surface area contributed by atoms with Gasteiger partial charge in [-0.25, -0.2) is 0 Å². The zero-order valence-corrected chi connectivity index (χ0v) is 16.8. The fourth-order valence-corrected chi connectivity index (χ4v) is 3.51. The average Bonchev–Trinajstić information content (AvgIpc) is 2.84. The van der Waals surface area contributed by atoms with E-state index in [0.29, 0.717) is 16.9 Å². The van der Waals surface area contributed by atoms with E-state index in [1.165, 1.54) is 12.1 Å². The summed E-state index contributed by atoms with van der Waals surface area (Å²) in [7, 11) is 1.58. The summed E-state index contributed by atoms with van der Waals surface area (Å²) >= 11 is 0. The molecule has 3 aromatic carbocycles. The molecule has 0 aliphatic carbocycles. The number of nitro groups is 1. The summed E-state index contributed by atoms with van der Waals surface area (Å²) < 4.78 is 5.16. The van der Waals surface area contributed by atoms with Crippen molar-refractivity contribution < 1.29 is 14.5 Å². The lowest BCUT2D eigenvalue weighted by Crippen LogP contribution is -2.26. The van der Waals surface area contributed by atoms with E-state index in [-0.39, 0.29) is 17.5 Å². The number of carbonyl (C=O) groups is 1. The number of anilines is 1. The number of allylic oxidation sites excluding steroid dienone is 2. The highest BCUT2D eigenvalue weighted by Gasteiger charge is 2.24. The Bertz CT molecular complexity index is 1150. The summed E-state index contributed by atoms with van der Waals surface area (Å²) in [6.45, 7) is 0. The third-order valence-corrected chi connectivity index (χ3v) is 5.15. The van der Waals surface area contributed by atoms with Crippen molar-refractivity contribution in [2.75, 3.05) is 12.0 Å². The van der Waals surface area contributed by atoms with Crippen LogP contribution in [0, 0.1) is 10.1 Å². The quantitative estimate of drug-likeness (QED) is 0.304. The maximum absolute atomic E-state index is 13.1. The van der Waals surface area contributed by atoms with Crippen molar-refractivity contribution in [2.45, 2.75) is 6.04 Å². The molecule has 3 aromatic rings. The van der Waals surface area contributed by atoms with Gasteiger partial charge in [-0.15, -0.1) is 0 Å². The Morgan fingerprint density at radius 1 is 0.968 bits per heavy atom. The summed E-state index contributed by atoms with van der Waals surface area (Å²) in [5, 5.41) is 11.0. The molecule has 1 aliphatic rings. The first-order chi connectivity index (χ1) is 15.1. The Morgan fingerprint density at radius 3 is 2.26 bits per heavy atom. The Kier molecular flexibility index (Phi) is 5.62. The van der Waals surface area contributed by atoms with Gasteiger partial charge in [0.1, 0.15) is 5.75 Å². The van der Waals surface area contributed by atoms with Crippen molar-refractivity contribution in [1.29, 1.82) is 0 Å². The molecular formula is C25H20N2O4. The molecule has 0 amide bonds. The lowest BCUT2D eigenvalue weighted by molar-refractivity contribution is -0.384. The fourth-order valence-electron chi connectivity index (χ4n) is 3.51. The van der Waals surface area contributed by atoms with Gasteiger partial charge in [0, 0.05) is 35.2 Å². The Balaban J connectivity index is 1.71. The number of hydrogen-bond acceptors (Lipinski definition) is 5. The van der Waals surface area contributed by atoms with Gasteiger partial charge in [-0.2, -0.15) is 0 Å². The zero-order chi connectivity index (χ0) is 21.8. The molecule has 0 bridgehead atoms. The molecule has 0 saturated heterocycles. The van der Waals surface area contributed by atoms with Gasteiger partial charge in [-0.05, 0) is 42.0 Å².